The molecule has 3 heteroatoms. The summed E-state index contributed by atoms with van der Waals surface area (Å²) < 4.78 is 0. The van der Waals surface area contributed by atoms with Gasteiger partial charge in [0.15, 0.2) is 0 Å². The zero-order valence-electron chi connectivity index (χ0n) is 5.69. The van der Waals surface area contributed by atoms with Crippen molar-refractivity contribution >= 4 is 11.3 Å². The predicted octanol–water partition coefficient (Wildman–Crippen LogP) is 1.64. The summed E-state index contributed by atoms with van der Waals surface area (Å²) in [6, 6.07) is 5.62. The lowest BCUT2D eigenvalue weighted by Gasteiger charge is -1.76. The third-order valence-electron chi connectivity index (χ3n) is 0.612. The summed E-state index contributed by atoms with van der Waals surface area (Å²) in [6.07, 6.45) is -0.810. The Bertz CT molecular complexity index is 159. The molecule has 1 aromatic heterocycles. The minimum Gasteiger partial charge on any atom is -0.378 e. The highest BCUT2D eigenvalue weighted by molar-refractivity contribution is 7.07. The van der Waals surface area contributed by atoms with Gasteiger partial charge in [-0.25, -0.2) is 0 Å². The molecule has 0 saturated carbocycles. The van der Waals surface area contributed by atoms with Crippen molar-refractivity contribution in [3.8, 4) is 6.07 Å². The number of nitrogens with zero attached hydrogens (tertiary/aromatic N) is 1. The van der Waals surface area contributed by atoms with Gasteiger partial charge in [0.2, 0.25) is 0 Å². The third kappa shape index (κ3) is 7.15. The maximum absolute atomic E-state index is 8.00. The van der Waals surface area contributed by atoms with E-state index in [-0.39, 0.29) is 0 Å². The fourth-order valence-electron chi connectivity index (χ4n) is 0.227. The lowest BCUT2D eigenvalue weighted by molar-refractivity contribution is 0.251. The maximum Gasteiger partial charge on any atom is 0.137 e. The Morgan fingerprint density at radius 2 is 1.90 bits per heavy atom. The summed E-state index contributed by atoms with van der Waals surface area (Å²) in [4.78, 5) is 0. The van der Waals surface area contributed by atoms with Gasteiger partial charge in [0, 0.05) is 0 Å². The van der Waals surface area contributed by atoms with Crippen molar-refractivity contribution in [2.75, 3.05) is 0 Å². The molecule has 0 spiro atoms. The summed E-state index contributed by atoms with van der Waals surface area (Å²) in [5, 5.41) is 19.7. The number of rotatable bonds is 0. The fourth-order valence-corrected chi connectivity index (χ4v) is 0.680. The SMILES string of the molecule is CC(O)C#N.c1ccsc1. The van der Waals surface area contributed by atoms with Gasteiger partial charge >= 0.3 is 0 Å². The normalized spacial score (nSPS) is 10.5. The first-order valence-electron chi connectivity index (χ1n) is 2.82. The van der Waals surface area contributed by atoms with Crippen molar-refractivity contribution in [2.24, 2.45) is 0 Å². The van der Waals surface area contributed by atoms with Crippen molar-refractivity contribution in [1.82, 2.24) is 0 Å². The van der Waals surface area contributed by atoms with E-state index >= 15 is 0 Å². The zero-order valence-corrected chi connectivity index (χ0v) is 6.51. The highest BCUT2D eigenvalue weighted by Gasteiger charge is 1.80. The Morgan fingerprint density at radius 3 is 2.00 bits per heavy atom. The molecular weight excluding hydrogens is 146 g/mol. The molecule has 1 aromatic rings. The van der Waals surface area contributed by atoms with E-state index in [2.05, 4.69) is 0 Å². The van der Waals surface area contributed by atoms with E-state index in [4.69, 9.17) is 10.4 Å². The molecule has 1 unspecified atom stereocenters. The van der Waals surface area contributed by atoms with Gasteiger partial charge in [0.25, 0.3) is 0 Å². The molecule has 54 valence electrons. The minimum atomic E-state index is -0.810. The molecule has 1 rings (SSSR count). The van der Waals surface area contributed by atoms with Gasteiger partial charge in [-0.1, -0.05) is 12.1 Å². The monoisotopic (exact) mass is 155 g/mol. The molecule has 0 radical (unpaired) electrons. The second kappa shape index (κ2) is 6.27. The summed E-state index contributed by atoms with van der Waals surface area (Å²) in [7, 11) is 0. The minimum absolute atomic E-state index is 0.810. The highest BCUT2D eigenvalue weighted by atomic mass is 32.1. The van der Waals surface area contributed by atoms with Crippen LogP contribution in [0, 0.1) is 11.3 Å². The van der Waals surface area contributed by atoms with E-state index in [9.17, 15) is 0 Å². The second-order valence-electron chi connectivity index (χ2n) is 1.60. The van der Waals surface area contributed by atoms with Crippen LogP contribution in [0.1, 0.15) is 6.92 Å². The second-order valence-corrected chi connectivity index (χ2v) is 2.41. The van der Waals surface area contributed by atoms with Gasteiger partial charge in [-0.3, -0.25) is 0 Å². The molecular formula is C7H9NOS. The lowest BCUT2D eigenvalue weighted by atomic mass is 10.5. The van der Waals surface area contributed by atoms with Crippen LogP contribution < -0.4 is 0 Å². The standard InChI is InChI=1S/C4H4S.C3H5NO/c1-2-4-5-3-1;1-3(5)2-4/h1-4H;3,5H,1H3. The van der Waals surface area contributed by atoms with E-state index in [1.54, 1.807) is 17.4 Å². The van der Waals surface area contributed by atoms with Crippen LogP contribution in [-0.2, 0) is 0 Å². The number of aliphatic hydroxyl groups excluding tert-OH is 1. The lowest BCUT2D eigenvalue weighted by Crippen LogP contribution is -1.90. The zero-order chi connectivity index (χ0) is 7.82. The van der Waals surface area contributed by atoms with Crippen LogP contribution in [0.2, 0.25) is 0 Å². The quantitative estimate of drug-likeness (QED) is 0.579. The molecule has 0 aliphatic rings. The molecule has 1 N–H and O–H groups in total. The Morgan fingerprint density at radius 1 is 1.50 bits per heavy atom. The van der Waals surface area contributed by atoms with Crippen LogP contribution in [0.4, 0.5) is 0 Å². The molecule has 0 amide bonds. The molecule has 0 aliphatic heterocycles. The van der Waals surface area contributed by atoms with Crippen molar-refractivity contribution < 1.29 is 5.11 Å². The highest BCUT2D eigenvalue weighted by Crippen LogP contribution is 1.91. The van der Waals surface area contributed by atoms with E-state index in [0.29, 0.717) is 0 Å². The largest absolute Gasteiger partial charge is 0.378 e. The number of nitriles is 1. The summed E-state index contributed by atoms with van der Waals surface area (Å²) >= 11 is 1.71. The smallest absolute Gasteiger partial charge is 0.137 e. The van der Waals surface area contributed by atoms with Crippen LogP contribution in [0.15, 0.2) is 22.9 Å². The van der Waals surface area contributed by atoms with Gasteiger partial charge in [0.1, 0.15) is 6.10 Å². The molecule has 2 nitrogen and oxygen atoms in total. The first-order valence-corrected chi connectivity index (χ1v) is 3.76. The van der Waals surface area contributed by atoms with Crippen LogP contribution in [0.25, 0.3) is 0 Å². The van der Waals surface area contributed by atoms with Crippen LogP contribution in [-0.4, -0.2) is 11.2 Å². The van der Waals surface area contributed by atoms with Crippen molar-refractivity contribution in [3.63, 3.8) is 0 Å². The average Bonchev–Trinajstić information content (AvgIpc) is 2.43. The van der Waals surface area contributed by atoms with Crippen molar-refractivity contribution in [3.05, 3.63) is 22.9 Å². The van der Waals surface area contributed by atoms with Crippen LogP contribution in [0.3, 0.4) is 0 Å². The topological polar surface area (TPSA) is 44.0 Å². The number of hydrogen-bond donors (Lipinski definition) is 1. The molecule has 0 aliphatic carbocycles. The maximum atomic E-state index is 8.00. The van der Waals surface area contributed by atoms with Gasteiger partial charge in [-0.05, 0) is 17.7 Å². The van der Waals surface area contributed by atoms with Crippen molar-refractivity contribution in [2.45, 2.75) is 13.0 Å². The molecule has 0 bridgehead atoms. The van der Waals surface area contributed by atoms with E-state index < -0.39 is 6.10 Å². The van der Waals surface area contributed by atoms with Crippen LogP contribution in [0.5, 0.6) is 0 Å². The molecule has 1 atom stereocenters. The fraction of sp³-hybridized carbons (Fsp3) is 0.286. The van der Waals surface area contributed by atoms with Crippen molar-refractivity contribution in [1.29, 1.82) is 5.26 Å². The number of hydrogen-bond acceptors (Lipinski definition) is 3. The van der Waals surface area contributed by atoms with Crippen LogP contribution >= 0.6 is 11.3 Å². The Hall–Kier alpha value is -0.850. The Labute approximate surface area is 64.4 Å². The molecule has 0 saturated heterocycles. The predicted molar refractivity (Wildman–Crippen MR) is 41.6 cm³/mol. The number of aliphatic hydroxyl groups is 1. The van der Waals surface area contributed by atoms with E-state index in [0.717, 1.165) is 0 Å². The molecule has 10 heavy (non-hydrogen) atoms. The molecule has 1 heterocycles. The van der Waals surface area contributed by atoms with E-state index in [1.807, 2.05) is 22.9 Å². The van der Waals surface area contributed by atoms with Gasteiger partial charge in [-0.15, -0.1) is 0 Å². The Kier molecular flexibility index (Phi) is 5.74. The van der Waals surface area contributed by atoms with Gasteiger partial charge in [0.05, 0.1) is 6.07 Å². The summed E-state index contributed by atoms with van der Waals surface area (Å²) in [5.74, 6) is 0. The number of thiophene rings is 1. The van der Waals surface area contributed by atoms with Gasteiger partial charge < -0.3 is 5.11 Å². The van der Waals surface area contributed by atoms with Gasteiger partial charge in [-0.2, -0.15) is 16.6 Å². The summed E-state index contributed by atoms with van der Waals surface area (Å²) in [6.45, 7) is 1.42. The average molecular weight is 155 g/mol. The first kappa shape index (κ1) is 9.15. The molecule has 0 aromatic carbocycles. The Balaban J connectivity index is 0.000000162. The first-order chi connectivity index (χ1) is 4.77. The molecule has 0 fully saturated rings. The third-order valence-corrected chi connectivity index (χ3v) is 1.24. The summed E-state index contributed by atoms with van der Waals surface area (Å²) in [5.41, 5.74) is 0. The van der Waals surface area contributed by atoms with E-state index in [1.165, 1.54) is 6.92 Å².